The summed E-state index contributed by atoms with van der Waals surface area (Å²) in [5.41, 5.74) is 2.29. The maximum atomic E-state index is 13.1. The van der Waals surface area contributed by atoms with Crippen molar-refractivity contribution < 1.29 is 33.4 Å². The van der Waals surface area contributed by atoms with E-state index in [0.717, 1.165) is 11.1 Å². The standard InChI is InChI=1S/C33H36N4O7/c1-42-29-17-22-9-13-28(29)43-21-31(39)36-26-20-37(32(40)19-35-33(41)24-5-3-2-4-6-24)16-15-27(26)44-25-11-7-23(8-12-25)18-34-30(38)14-10-22/h2-9,11-13,17,26-27H,10,14-16,18-21H2,1H3,(H,34,38)(H,35,41)(H,36,39)/t26-,27-/m1/s1. The van der Waals surface area contributed by atoms with Crippen LogP contribution in [0.3, 0.4) is 0 Å². The zero-order valence-electron chi connectivity index (χ0n) is 24.5. The van der Waals surface area contributed by atoms with Gasteiger partial charge >= 0.3 is 0 Å². The molecule has 230 valence electrons. The van der Waals surface area contributed by atoms with Crippen LogP contribution in [-0.2, 0) is 27.3 Å². The lowest BCUT2D eigenvalue weighted by atomic mass is 10.0. The largest absolute Gasteiger partial charge is 0.493 e. The van der Waals surface area contributed by atoms with Crippen molar-refractivity contribution in [3.63, 3.8) is 0 Å². The van der Waals surface area contributed by atoms with Crippen molar-refractivity contribution in [1.82, 2.24) is 20.9 Å². The molecule has 2 atom stereocenters. The molecule has 0 aliphatic carbocycles. The van der Waals surface area contributed by atoms with Gasteiger partial charge in [-0.25, -0.2) is 0 Å². The maximum absolute atomic E-state index is 13.1. The number of piperidine rings is 1. The van der Waals surface area contributed by atoms with Gasteiger partial charge in [0.25, 0.3) is 11.8 Å². The lowest BCUT2D eigenvalue weighted by molar-refractivity contribution is -0.134. The summed E-state index contributed by atoms with van der Waals surface area (Å²) in [4.78, 5) is 52.7. The van der Waals surface area contributed by atoms with Gasteiger partial charge in [0, 0.05) is 38.0 Å². The summed E-state index contributed by atoms with van der Waals surface area (Å²) in [6.45, 7) is 0.517. The second-order valence-electron chi connectivity index (χ2n) is 10.7. The molecule has 11 heteroatoms. The highest BCUT2D eigenvalue weighted by atomic mass is 16.5. The Bertz CT molecular complexity index is 1480. The highest BCUT2D eigenvalue weighted by Gasteiger charge is 2.34. The number of carbonyl (C=O) groups is 4. The minimum Gasteiger partial charge on any atom is -0.493 e. The third-order valence-corrected chi connectivity index (χ3v) is 7.61. The van der Waals surface area contributed by atoms with E-state index < -0.39 is 12.1 Å². The van der Waals surface area contributed by atoms with Crippen LogP contribution >= 0.6 is 0 Å². The quantitative estimate of drug-likeness (QED) is 0.418. The first kappa shape index (κ1) is 30.4. The summed E-state index contributed by atoms with van der Waals surface area (Å²) in [7, 11) is 1.51. The smallest absolute Gasteiger partial charge is 0.258 e. The molecule has 0 radical (unpaired) electrons. The number of rotatable bonds is 4. The minimum atomic E-state index is -0.539. The first-order valence-electron chi connectivity index (χ1n) is 14.6. The Morgan fingerprint density at radius 2 is 1.75 bits per heavy atom. The molecule has 0 unspecified atom stereocenters. The molecule has 3 aromatic rings. The fraction of sp³-hybridized carbons (Fsp3) is 0.333. The van der Waals surface area contributed by atoms with E-state index in [2.05, 4.69) is 16.0 Å². The highest BCUT2D eigenvalue weighted by Crippen LogP contribution is 2.29. The topological polar surface area (TPSA) is 135 Å². The number of hydrogen-bond acceptors (Lipinski definition) is 7. The number of aryl methyl sites for hydroxylation is 1. The number of benzene rings is 3. The Morgan fingerprint density at radius 1 is 0.977 bits per heavy atom. The van der Waals surface area contributed by atoms with Crippen LogP contribution in [0.4, 0.5) is 0 Å². The lowest BCUT2D eigenvalue weighted by Gasteiger charge is -2.39. The monoisotopic (exact) mass is 600 g/mol. The van der Waals surface area contributed by atoms with Gasteiger partial charge in [0.2, 0.25) is 11.8 Å². The third kappa shape index (κ3) is 8.06. The molecule has 3 N–H and O–H groups in total. The van der Waals surface area contributed by atoms with Crippen LogP contribution in [0.5, 0.6) is 17.2 Å². The van der Waals surface area contributed by atoms with Crippen molar-refractivity contribution in [1.29, 1.82) is 0 Å². The zero-order valence-corrected chi connectivity index (χ0v) is 24.5. The number of hydrogen-bond donors (Lipinski definition) is 3. The minimum absolute atomic E-state index is 0.0699. The van der Waals surface area contributed by atoms with Crippen LogP contribution in [0.1, 0.15) is 34.3 Å². The van der Waals surface area contributed by atoms with Gasteiger partial charge in [-0.1, -0.05) is 36.4 Å². The van der Waals surface area contributed by atoms with Crippen LogP contribution in [0.25, 0.3) is 0 Å². The van der Waals surface area contributed by atoms with E-state index in [4.69, 9.17) is 14.2 Å². The summed E-state index contributed by atoms with van der Waals surface area (Å²) in [5.74, 6) is 0.402. The molecule has 44 heavy (non-hydrogen) atoms. The van der Waals surface area contributed by atoms with Gasteiger partial charge in [-0.2, -0.15) is 0 Å². The first-order chi connectivity index (χ1) is 21.4. The van der Waals surface area contributed by atoms with Crippen molar-refractivity contribution in [2.45, 2.75) is 38.0 Å². The summed E-state index contributed by atoms with van der Waals surface area (Å²) >= 11 is 0. The Balaban J connectivity index is 1.30. The molecule has 4 amide bonds. The van der Waals surface area contributed by atoms with Crippen molar-refractivity contribution in [2.75, 3.05) is 33.4 Å². The van der Waals surface area contributed by atoms with Gasteiger partial charge in [0.05, 0.1) is 19.7 Å². The first-order valence-corrected chi connectivity index (χ1v) is 14.6. The Morgan fingerprint density at radius 3 is 2.52 bits per heavy atom. The molecular formula is C33H36N4O7. The van der Waals surface area contributed by atoms with Crippen molar-refractivity contribution in [2.24, 2.45) is 0 Å². The highest BCUT2D eigenvalue weighted by molar-refractivity contribution is 5.96. The van der Waals surface area contributed by atoms with E-state index in [1.807, 2.05) is 36.4 Å². The number of ether oxygens (including phenoxy) is 3. The molecule has 11 nitrogen and oxygen atoms in total. The van der Waals surface area contributed by atoms with Crippen LogP contribution in [0, 0.1) is 0 Å². The Labute approximate surface area is 255 Å². The average molecular weight is 601 g/mol. The van der Waals surface area contributed by atoms with E-state index in [1.165, 1.54) is 7.11 Å². The number of carbonyl (C=O) groups excluding carboxylic acids is 4. The van der Waals surface area contributed by atoms with Crippen LogP contribution < -0.4 is 30.2 Å². The number of amides is 4. The van der Waals surface area contributed by atoms with E-state index in [9.17, 15) is 19.2 Å². The summed E-state index contributed by atoms with van der Waals surface area (Å²) < 4.78 is 17.5. The fourth-order valence-corrected chi connectivity index (χ4v) is 5.18. The molecular weight excluding hydrogens is 564 g/mol. The van der Waals surface area contributed by atoms with Crippen LogP contribution in [0.15, 0.2) is 72.8 Å². The van der Waals surface area contributed by atoms with Crippen LogP contribution in [-0.4, -0.2) is 74.0 Å². The summed E-state index contributed by atoms with van der Waals surface area (Å²) in [5, 5.41) is 8.60. The SMILES string of the molecule is COc1cc2ccc1OCC(=O)N[C@@H]1CN(C(=O)CNC(=O)c3ccccc3)CC[C@H]1Oc1ccc(cc1)CNC(=O)CC2. The van der Waals surface area contributed by atoms with E-state index in [0.29, 0.717) is 55.2 Å². The van der Waals surface area contributed by atoms with Crippen molar-refractivity contribution >= 4 is 23.6 Å². The van der Waals surface area contributed by atoms with Gasteiger partial charge in [0.1, 0.15) is 11.9 Å². The Hall–Kier alpha value is -5.06. The second-order valence-corrected chi connectivity index (χ2v) is 10.7. The molecule has 0 spiro atoms. The number of nitrogens with zero attached hydrogens (tertiary/aromatic N) is 1. The molecule has 0 aromatic heterocycles. The van der Waals surface area contributed by atoms with Gasteiger partial charge in [-0.15, -0.1) is 0 Å². The normalized spacial score (nSPS) is 19.0. The molecule has 3 aromatic carbocycles. The van der Waals surface area contributed by atoms with Gasteiger partial charge in [-0.3, -0.25) is 19.2 Å². The number of methoxy groups -OCH3 is 1. The fourth-order valence-electron chi connectivity index (χ4n) is 5.18. The molecule has 0 saturated carbocycles. The van der Waals surface area contributed by atoms with Gasteiger partial charge in [-0.05, 0) is 53.9 Å². The molecule has 4 bridgehead atoms. The summed E-state index contributed by atoms with van der Waals surface area (Å²) in [6.07, 6.45) is 0.864. The molecule has 5 heterocycles. The van der Waals surface area contributed by atoms with Crippen molar-refractivity contribution in [3.8, 4) is 17.2 Å². The van der Waals surface area contributed by atoms with Crippen LogP contribution in [0.2, 0.25) is 0 Å². The van der Waals surface area contributed by atoms with E-state index in [1.54, 1.807) is 41.3 Å². The van der Waals surface area contributed by atoms with Gasteiger partial charge < -0.3 is 35.1 Å². The molecule has 8 rings (SSSR count). The van der Waals surface area contributed by atoms with E-state index >= 15 is 0 Å². The molecule has 1 fully saturated rings. The molecule has 5 aliphatic rings. The predicted octanol–water partition coefficient (Wildman–Crippen LogP) is 2.23. The zero-order chi connectivity index (χ0) is 30.9. The van der Waals surface area contributed by atoms with E-state index in [-0.39, 0.29) is 43.3 Å². The maximum Gasteiger partial charge on any atom is 0.258 e. The number of nitrogens with one attached hydrogen (secondary N) is 3. The van der Waals surface area contributed by atoms with Gasteiger partial charge in [0.15, 0.2) is 18.1 Å². The average Bonchev–Trinajstić information content (AvgIpc) is 3.05. The third-order valence-electron chi connectivity index (χ3n) is 7.61. The molecule has 1 saturated heterocycles. The molecule has 5 aliphatic heterocycles. The lowest BCUT2D eigenvalue weighted by Crippen LogP contribution is -2.59. The number of likely N-dealkylation sites (tertiary alicyclic amines) is 1. The Kier molecular flexibility index (Phi) is 9.96. The summed E-state index contributed by atoms with van der Waals surface area (Å²) in [6, 6.07) is 20.9. The predicted molar refractivity (Wildman–Crippen MR) is 161 cm³/mol. The van der Waals surface area contributed by atoms with Crippen molar-refractivity contribution in [3.05, 3.63) is 89.5 Å². The second kappa shape index (κ2) is 14.4.